The van der Waals surface area contributed by atoms with Gasteiger partial charge in [-0.2, -0.15) is 11.8 Å². The van der Waals surface area contributed by atoms with Gasteiger partial charge in [0.05, 0.1) is 5.56 Å². The van der Waals surface area contributed by atoms with Crippen LogP contribution in [0.3, 0.4) is 0 Å². The second-order valence-corrected chi connectivity index (χ2v) is 7.11. The highest BCUT2D eigenvalue weighted by molar-refractivity contribution is 8.00. The highest BCUT2D eigenvalue weighted by Gasteiger charge is 2.25. The van der Waals surface area contributed by atoms with E-state index in [0.29, 0.717) is 17.7 Å². The predicted molar refractivity (Wildman–Crippen MR) is 88.3 cm³/mol. The molecule has 2 rings (SSSR count). The topological polar surface area (TPSA) is 69.6 Å². The Hall–Kier alpha value is -1.69. The first-order valence-corrected chi connectivity index (χ1v) is 8.49. The predicted octanol–water partition coefficient (Wildman–Crippen LogP) is 2.67. The number of hydrogen-bond acceptors (Lipinski definition) is 3. The third-order valence-corrected chi connectivity index (χ3v) is 5.31. The van der Waals surface area contributed by atoms with E-state index < -0.39 is 5.97 Å². The molecule has 6 heteroatoms. The fourth-order valence-electron chi connectivity index (χ4n) is 2.32. The molecular weight excluding hydrogens is 300 g/mol. The average molecular weight is 322 g/mol. The minimum atomic E-state index is -0.943. The molecule has 1 aliphatic heterocycles. The molecule has 0 aromatic heterocycles. The summed E-state index contributed by atoms with van der Waals surface area (Å²) >= 11 is 1.93. The lowest BCUT2D eigenvalue weighted by Crippen LogP contribution is -2.47. The third kappa shape index (κ3) is 4.40. The molecule has 1 atom stereocenters. The Morgan fingerprint density at radius 2 is 2.05 bits per heavy atom. The van der Waals surface area contributed by atoms with Crippen LogP contribution in [0, 0.1) is 5.92 Å². The molecule has 0 saturated carbocycles. The van der Waals surface area contributed by atoms with E-state index in [1.807, 2.05) is 16.7 Å². The van der Waals surface area contributed by atoms with E-state index in [1.54, 1.807) is 24.3 Å². The Labute approximate surface area is 135 Å². The SMILES string of the molecule is CC(C)C1CN(C(=O)NCc2ccc(C(=O)O)cc2)CCS1. The Kier molecular flexibility index (Phi) is 5.71. The maximum absolute atomic E-state index is 12.2. The summed E-state index contributed by atoms with van der Waals surface area (Å²) in [7, 11) is 0. The van der Waals surface area contributed by atoms with Crippen molar-refractivity contribution in [2.75, 3.05) is 18.8 Å². The maximum atomic E-state index is 12.2. The van der Waals surface area contributed by atoms with E-state index in [1.165, 1.54) is 0 Å². The summed E-state index contributed by atoms with van der Waals surface area (Å²) in [6.07, 6.45) is 0. The minimum absolute atomic E-state index is 0.0479. The molecule has 0 bridgehead atoms. The van der Waals surface area contributed by atoms with Crippen molar-refractivity contribution < 1.29 is 14.7 Å². The number of thioether (sulfide) groups is 1. The van der Waals surface area contributed by atoms with Gasteiger partial charge in [-0.1, -0.05) is 26.0 Å². The molecule has 1 fully saturated rings. The highest BCUT2D eigenvalue weighted by Crippen LogP contribution is 2.24. The molecule has 0 spiro atoms. The van der Waals surface area contributed by atoms with Crippen LogP contribution < -0.4 is 5.32 Å². The molecule has 1 unspecified atom stereocenters. The van der Waals surface area contributed by atoms with Gasteiger partial charge in [-0.3, -0.25) is 0 Å². The van der Waals surface area contributed by atoms with Gasteiger partial charge in [0.2, 0.25) is 0 Å². The van der Waals surface area contributed by atoms with Gasteiger partial charge in [-0.05, 0) is 23.6 Å². The van der Waals surface area contributed by atoms with E-state index in [-0.39, 0.29) is 11.6 Å². The lowest BCUT2D eigenvalue weighted by atomic mass is 10.1. The molecule has 2 N–H and O–H groups in total. The van der Waals surface area contributed by atoms with Gasteiger partial charge in [0.15, 0.2) is 0 Å². The van der Waals surface area contributed by atoms with Crippen molar-refractivity contribution in [2.24, 2.45) is 5.92 Å². The van der Waals surface area contributed by atoms with Crippen molar-refractivity contribution in [1.29, 1.82) is 0 Å². The number of carboxylic acids is 1. The first-order chi connectivity index (χ1) is 10.5. The first-order valence-electron chi connectivity index (χ1n) is 7.44. The number of carbonyl (C=O) groups excluding carboxylic acids is 1. The molecule has 1 saturated heterocycles. The smallest absolute Gasteiger partial charge is 0.335 e. The van der Waals surface area contributed by atoms with Crippen molar-refractivity contribution in [1.82, 2.24) is 10.2 Å². The number of carbonyl (C=O) groups is 2. The largest absolute Gasteiger partial charge is 0.478 e. The average Bonchev–Trinajstić information content (AvgIpc) is 2.53. The zero-order valence-electron chi connectivity index (χ0n) is 12.9. The third-order valence-electron chi connectivity index (χ3n) is 3.77. The molecule has 1 heterocycles. The number of rotatable bonds is 4. The van der Waals surface area contributed by atoms with Crippen LogP contribution in [0.15, 0.2) is 24.3 Å². The Morgan fingerprint density at radius 3 is 2.64 bits per heavy atom. The molecule has 0 aliphatic carbocycles. The van der Waals surface area contributed by atoms with Gasteiger partial charge < -0.3 is 15.3 Å². The number of amides is 2. The monoisotopic (exact) mass is 322 g/mol. The lowest BCUT2D eigenvalue weighted by molar-refractivity contribution is 0.0697. The number of nitrogens with one attached hydrogen (secondary N) is 1. The molecule has 1 aromatic rings. The summed E-state index contributed by atoms with van der Waals surface area (Å²) in [5, 5.41) is 12.3. The fourth-order valence-corrected chi connectivity index (χ4v) is 3.62. The highest BCUT2D eigenvalue weighted by atomic mass is 32.2. The molecule has 0 radical (unpaired) electrons. The number of hydrogen-bond donors (Lipinski definition) is 2. The van der Waals surface area contributed by atoms with Gasteiger partial charge >= 0.3 is 12.0 Å². The van der Waals surface area contributed by atoms with Gasteiger partial charge in [-0.15, -0.1) is 0 Å². The van der Waals surface area contributed by atoms with Crippen LogP contribution in [0.1, 0.15) is 29.8 Å². The molecule has 5 nitrogen and oxygen atoms in total. The molecule has 120 valence electrons. The van der Waals surface area contributed by atoms with Crippen LogP contribution in [0.25, 0.3) is 0 Å². The fraction of sp³-hybridized carbons (Fsp3) is 0.500. The van der Waals surface area contributed by atoms with Gasteiger partial charge in [0.1, 0.15) is 0 Å². The maximum Gasteiger partial charge on any atom is 0.335 e. The van der Waals surface area contributed by atoms with Crippen molar-refractivity contribution in [3.63, 3.8) is 0 Å². The van der Waals surface area contributed by atoms with Gasteiger partial charge in [0, 0.05) is 30.6 Å². The van der Waals surface area contributed by atoms with Gasteiger partial charge in [0.25, 0.3) is 0 Å². The van der Waals surface area contributed by atoms with E-state index in [2.05, 4.69) is 19.2 Å². The quantitative estimate of drug-likeness (QED) is 0.894. The van der Waals surface area contributed by atoms with Gasteiger partial charge in [-0.25, -0.2) is 9.59 Å². The van der Waals surface area contributed by atoms with Crippen molar-refractivity contribution >= 4 is 23.8 Å². The number of aromatic carboxylic acids is 1. The molecule has 2 amide bonds. The van der Waals surface area contributed by atoms with Crippen LogP contribution in [0.2, 0.25) is 0 Å². The summed E-state index contributed by atoms with van der Waals surface area (Å²) in [6.45, 7) is 6.34. The lowest BCUT2D eigenvalue weighted by Gasteiger charge is -2.34. The zero-order chi connectivity index (χ0) is 16.1. The summed E-state index contributed by atoms with van der Waals surface area (Å²) in [6, 6.07) is 6.51. The van der Waals surface area contributed by atoms with Crippen LogP contribution in [0.4, 0.5) is 4.79 Å². The Morgan fingerprint density at radius 1 is 1.36 bits per heavy atom. The van der Waals surface area contributed by atoms with Crippen molar-refractivity contribution in [3.8, 4) is 0 Å². The molecule has 1 aliphatic rings. The van der Waals surface area contributed by atoms with Crippen LogP contribution in [0.5, 0.6) is 0 Å². The van der Waals surface area contributed by atoms with Crippen LogP contribution in [-0.2, 0) is 6.54 Å². The summed E-state index contributed by atoms with van der Waals surface area (Å²) in [5.74, 6) is 0.592. The van der Waals surface area contributed by atoms with Crippen molar-refractivity contribution in [3.05, 3.63) is 35.4 Å². The summed E-state index contributed by atoms with van der Waals surface area (Å²) in [5.41, 5.74) is 1.15. The van der Waals surface area contributed by atoms with Crippen LogP contribution >= 0.6 is 11.8 Å². The van der Waals surface area contributed by atoms with E-state index in [4.69, 9.17) is 5.11 Å². The van der Waals surface area contributed by atoms with E-state index in [9.17, 15) is 9.59 Å². The second kappa shape index (κ2) is 7.54. The first kappa shape index (κ1) is 16.7. The number of carboxylic acid groups (broad SMARTS) is 1. The second-order valence-electron chi connectivity index (χ2n) is 5.76. The number of urea groups is 1. The zero-order valence-corrected chi connectivity index (χ0v) is 13.7. The minimum Gasteiger partial charge on any atom is -0.478 e. The summed E-state index contributed by atoms with van der Waals surface area (Å²) in [4.78, 5) is 24.9. The molecule has 1 aromatic carbocycles. The Balaban J connectivity index is 1.85. The summed E-state index contributed by atoms with van der Waals surface area (Å²) < 4.78 is 0. The number of nitrogens with zero attached hydrogens (tertiary/aromatic N) is 1. The Bertz CT molecular complexity index is 531. The van der Waals surface area contributed by atoms with E-state index >= 15 is 0 Å². The normalized spacial score (nSPS) is 18.3. The van der Waals surface area contributed by atoms with E-state index in [0.717, 1.165) is 24.4 Å². The molecule has 22 heavy (non-hydrogen) atoms. The van der Waals surface area contributed by atoms with Crippen molar-refractivity contribution in [2.45, 2.75) is 25.6 Å². The number of benzene rings is 1. The molecular formula is C16H22N2O3S. The van der Waals surface area contributed by atoms with Crippen LogP contribution in [-0.4, -0.2) is 46.1 Å². The standard InChI is InChI=1S/C16H22N2O3S/c1-11(2)14-10-18(7-8-22-14)16(21)17-9-12-3-5-13(6-4-12)15(19)20/h3-6,11,14H,7-10H2,1-2H3,(H,17,21)(H,19,20).